The molecule has 3 rings (SSSR count). The number of fused-ring (bicyclic) bond motifs is 3. The van der Waals surface area contributed by atoms with E-state index in [1.165, 1.54) is 20.1 Å². The van der Waals surface area contributed by atoms with Crippen molar-refractivity contribution in [3.05, 3.63) is 12.3 Å². The molecule has 6 unspecified atom stereocenters. The minimum absolute atomic E-state index is 0.00894. The highest BCUT2D eigenvalue weighted by Crippen LogP contribution is 2.63. The zero-order valence-corrected chi connectivity index (χ0v) is 18.0. The van der Waals surface area contributed by atoms with Crippen LogP contribution in [0.2, 0.25) is 0 Å². The third kappa shape index (κ3) is 4.08. The Morgan fingerprint density at radius 3 is 2.34 bits per heavy atom. The molecule has 3 fully saturated rings. The van der Waals surface area contributed by atoms with Crippen LogP contribution in [0.3, 0.4) is 0 Å². The molecule has 29 heavy (non-hydrogen) atoms. The smallest absolute Gasteiger partial charge is 0.309 e. The standard InChI is InChI=1S/C23H34O6/c1-14(24)28-12-9-20-18-6-5-16-13-17(29-15(2)25)7-10-22(16,3)19(18)8-11-23(20,4)21(26)27/h9,12,16-20H,5-8,10-11,13H2,1-4H3,(H,26,27)/t16?,17?,18?,19?,20-,22?,23?/m0/s1. The first-order valence-corrected chi connectivity index (χ1v) is 10.8. The first-order valence-electron chi connectivity index (χ1n) is 10.8. The maximum Gasteiger partial charge on any atom is 0.309 e. The molecule has 0 aliphatic heterocycles. The summed E-state index contributed by atoms with van der Waals surface area (Å²) in [5.41, 5.74) is -0.719. The maximum absolute atomic E-state index is 12.2. The third-order valence-corrected chi connectivity index (χ3v) is 8.21. The zero-order valence-electron chi connectivity index (χ0n) is 18.0. The Hall–Kier alpha value is -1.85. The van der Waals surface area contributed by atoms with E-state index in [9.17, 15) is 19.5 Å². The summed E-state index contributed by atoms with van der Waals surface area (Å²) >= 11 is 0. The predicted molar refractivity (Wildman–Crippen MR) is 107 cm³/mol. The fourth-order valence-corrected chi connectivity index (χ4v) is 6.63. The largest absolute Gasteiger partial charge is 0.481 e. The lowest BCUT2D eigenvalue weighted by atomic mass is 9.45. The molecule has 3 aliphatic rings. The van der Waals surface area contributed by atoms with E-state index >= 15 is 0 Å². The highest BCUT2D eigenvalue weighted by molar-refractivity contribution is 5.75. The van der Waals surface area contributed by atoms with Gasteiger partial charge in [-0.25, -0.2) is 0 Å². The van der Waals surface area contributed by atoms with Crippen molar-refractivity contribution >= 4 is 17.9 Å². The van der Waals surface area contributed by atoms with Crippen molar-refractivity contribution < 1.29 is 29.0 Å². The molecule has 3 aliphatic carbocycles. The van der Waals surface area contributed by atoms with Gasteiger partial charge in [0.1, 0.15) is 6.10 Å². The van der Waals surface area contributed by atoms with Crippen molar-refractivity contribution in [2.24, 2.45) is 34.5 Å². The number of carboxylic acids is 1. The minimum atomic E-state index is -0.851. The molecule has 3 saturated carbocycles. The Labute approximate surface area is 173 Å². The lowest BCUT2D eigenvalue weighted by Crippen LogP contribution is -2.55. The zero-order chi connectivity index (χ0) is 21.4. The van der Waals surface area contributed by atoms with Gasteiger partial charge in [-0.15, -0.1) is 0 Å². The van der Waals surface area contributed by atoms with Gasteiger partial charge in [-0.2, -0.15) is 0 Å². The Morgan fingerprint density at radius 2 is 1.72 bits per heavy atom. The van der Waals surface area contributed by atoms with Crippen molar-refractivity contribution in [3.8, 4) is 0 Å². The van der Waals surface area contributed by atoms with Gasteiger partial charge in [0.2, 0.25) is 0 Å². The van der Waals surface area contributed by atoms with Crippen LogP contribution in [-0.4, -0.2) is 29.1 Å². The van der Waals surface area contributed by atoms with Crippen molar-refractivity contribution in [1.82, 2.24) is 0 Å². The van der Waals surface area contributed by atoms with Crippen LogP contribution < -0.4 is 0 Å². The number of carboxylic acid groups (broad SMARTS) is 1. The van der Waals surface area contributed by atoms with Crippen LogP contribution >= 0.6 is 0 Å². The molecule has 0 aromatic rings. The summed E-state index contributed by atoms with van der Waals surface area (Å²) in [6.45, 7) is 7.01. The van der Waals surface area contributed by atoms with Crippen LogP contribution in [-0.2, 0) is 23.9 Å². The van der Waals surface area contributed by atoms with E-state index in [1.54, 1.807) is 0 Å². The monoisotopic (exact) mass is 406 g/mol. The number of carbonyl (C=O) groups is 3. The van der Waals surface area contributed by atoms with E-state index < -0.39 is 17.4 Å². The van der Waals surface area contributed by atoms with Gasteiger partial charge in [0.05, 0.1) is 11.7 Å². The van der Waals surface area contributed by atoms with Gasteiger partial charge in [0, 0.05) is 13.8 Å². The molecule has 1 N–H and O–H groups in total. The van der Waals surface area contributed by atoms with Gasteiger partial charge in [0.25, 0.3) is 0 Å². The minimum Gasteiger partial charge on any atom is -0.481 e. The van der Waals surface area contributed by atoms with Crippen LogP contribution in [0.4, 0.5) is 0 Å². The molecule has 0 bridgehead atoms. The Bertz CT molecular complexity index is 699. The topological polar surface area (TPSA) is 89.9 Å². The molecule has 0 spiro atoms. The Morgan fingerprint density at radius 1 is 1.00 bits per heavy atom. The molecular formula is C23H34O6. The molecule has 0 radical (unpaired) electrons. The molecule has 6 heteroatoms. The highest BCUT2D eigenvalue weighted by atomic mass is 16.5. The van der Waals surface area contributed by atoms with Gasteiger partial charge in [-0.05, 0) is 87.0 Å². The normalized spacial score (nSPS) is 41.9. The maximum atomic E-state index is 12.2. The summed E-state index contributed by atoms with van der Waals surface area (Å²) < 4.78 is 10.5. The van der Waals surface area contributed by atoms with Crippen LogP contribution in [0.25, 0.3) is 0 Å². The summed E-state index contributed by atoms with van der Waals surface area (Å²) in [7, 11) is 0. The first kappa shape index (κ1) is 21.8. The van der Waals surface area contributed by atoms with Gasteiger partial charge >= 0.3 is 17.9 Å². The van der Waals surface area contributed by atoms with Crippen LogP contribution in [0, 0.1) is 34.5 Å². The second-order valence-electron chi connectivity index (χ2n) is 9.78. The van der Waals surface area contributed by atoms with E-state index in [1.807, 2.05) is 13.0 Å². The number of aliphatic carboxylic acids is 1. The highest BCUT2D eigenvalue weighted by Gasteiger charge is 2.58. The average molecular weight is 407 g/mol. The number of hydrogen-bond donors (Lipinski definition) is 1. The molecule has 0 aromatic heterocycles. The summed E-state index contributed by atoms with van der Waals surface area (Å²) in [6, 6.07) is 0. The molecule has 6 nitrogen and oxygen atoms in total. The summed E-state index contributed by atoms with van der Waals surface area (Å²) in [5.74, 6) is -0.375. The lowest BCUT2D eigenvalue weighted by molar-refractivity contribution is -0.168. The summed E-state index contributed by atoms with van der Waals surface area (Å²) in [5, 5.41) is 9.99. The number of ether oxygens (including phenoxy) is 2. The molecule has 0 aromatic carbocycles. The van der Waals surface area contributed by atoms with Crippen molar-refractivity contribution in [2.75, 3.05) is 0 Å². The van der Waals surface area contributed by atoms with Gasteiger partial charge in [-0.3, -0.25) is 14.4 Å². The molecule has 7 atom stereocenters. The fourth-order valence-electron chi connectivity index (χ4n) is 6.63. The molecule has 162 valence electrons. The quantitative estimate of drug-likeness (QED) is 0.552. The number of hydrogen-bond acceptors (Lipinski definition) is 5. The molecular weight excluding hydrogens is 372 g/mol. The first-order chi connectivity index (χ1) is 13.6. The van der Waals surface area contributed by atoms with Crippen molar-refractivity contribution in [3.63, 3.8) is 0 Å². The van der Waals surface area contributed by atoms with Gasteiger partial charge in [0.15, 0.2) is 0 Å². The number of carbonyl (C=O) groups excluding carboxylic acids is 2. The molecule has 0 amide bonds. The predicted octanol–water partition coefficient (Wildman–Crippen LogP) is 4.33. The Kier molecular flexibility index (Phi) is 6.11. The van der Waals surface area contributed by atoms with Gasteiger partial charge in [-0.1, -0.05) is 6.92 Å². The number of rotatable bonds is 4. The van der Waals surface area contributed by atoms with E-state index in [-0.39, 0.29) is 29.3 Å². The Balaban J connectivity index is 1.84. The van der Waals surface area contributed by atoms with Crippen LogP contribution in [0.15, 0.2) is 12.3 Å². The van der Waals surface area contributed by atoms with E-state index in [4.69, 9.17) is 9.47 Å². The number of esters is 2. The van der Waals surface area contributed by atoms with Crippen LogP contribution in [0.1, 0.15) is 72.6 Å². The lowest BCUT2D eigenvalue weighted by Gasteiger charge is -2.60. The second-order valence-corrected chi connectivity index (χ2v) is 9.78. The second kappa shape index (κ2) is 8.11. The van der Waals surface area contributed by atoms with E-state index in [2.05, 4.69) is 6.92 Å². The molecule has 0 saturated heterocycles. The average Bonchev–Trinajstić information content (AvgIpc) is 2.63. The SMILES string of the molecule is CC(=O)OC=C[C@H]1C2CCC3CC(OC(C)=O)CCC3(C)C2CCC1(C)C(=O)O. The van der Waals surface area contributed by atoms with Crippen molar-refractivity contribution in [2.45, 2.75) is 78.7 Å². The van der Waals surface area contributed by atoms with Crippen molar-refractivity contribution in [1.29, 1.82) is 0 Å². The van der Waals surface area contributed by atoms with Gasteiger partial charge < -0.3 is 14.6 Å². The van der Waals surface area contributed by atoms with Crippen LogP contribution in [0.5, 0.6) is 0 Å². The van der Waals surface area contributed by atoms with E-state index in [0.717, 1.165) is 38.5 Å². The summed E-state index contributed by atoms with van der Waals surface area (Å²) in [4.78, 5) is 34.7. The fraction of sp³-hybridized carbons (Fsp3) is 0.783. The third-order valence-electron chi connectivity index (χ3n) is 8.21. The molecule has 0 heterocycles. The van der Waals surface area contributed by atoms with E-state index in [0.29, 0.717) is 18.3 Å². The number of allylic oxidation sites excluding steroid dienone is 1. The summed E-state index contributed by atoms with van der Waals surface area (Å²) in [6.07, 6.45) is 9.49.